The van der Waals surface area contributed by atoms with E-state index in [1.807, 2.05) is 20.8 Å². The van der Waals surface area contributed by atoms with Crippen molar-refractivity contribution in [3.8, 4) is 0 Å². The van der Waals surface area contributed by atoms with Gasteiger partial charge in [0.2, 0.25) is 0 Å². The zero-order chi connectivity index (χ0) is 5.86. The minimum atomic E-state index is 0.144. The normalized spacial score (nSPS) is 11.1. The number of rotatable bonds is 2. The first kappa shape index (κ1) is 6.92. The molecule has 0 rings (SSSR count). The van der Waals surface area contributed by atoms with Crippen molar-refractivity contribution in [1.82, 2.24) is 5.06 Å². The highest BCUT2D eigenvalue weighted by Gasteiger charge is 1.89. The number of hydroxylamine groups is 2. The van der Waals surface area contributed by atoms with Crippen LogP contribution in [0.2, 0.25) is 0 Å². The Morgan fingerprint density at radius 3 is 2.00 bits per heavy atom. The second-order valence-corrected chi connectivity index (χ2v) is 1.83. The van der Waals surface area contributed by atoms with Crippen molar-refractivity contribution in [3.05, 3.63) is 5.21 Å². The average molecular weight is 102 g/mol. The second-order valence-electron chi connectivity index (χ2n) is 1.83. The van der Waals surface area contributed by atoms with E-state index in [0.717, 1.165) is 5.06 Å². The SMILES string of the molecule is CCN([O-])C(C)C. The van der Waals surface area contributed by atoms with E-state index >= 15 is 0 Å². The van der Waals surface area contributed by atoms with Crippen molar-refractivity contribution in [3.63, 3.8) is 0 Å². The van der Waals surface area contributed by atoms with Gasteiger partial charge < -0.3 is 10.3 Å². The van der Waals surface area contributed by atoms with Crippen molar-refractivity contribution in [2.45, 2.75) is 26.8 Å². The number of nitrogens with zero attached hydrogens (tertiary/aromatic N) is 1. The van der Waals surface area contributed by atoms with Crippen LogP contribution in [0.15, 0.2) is 0 Å². The maximum atomic E-state index is 10.4. The summed E-state index contributed by atoms with van der Waals surface area (Å²) in [6, 6.07) is 0.144. The molecule has 0 aliphatic rings. The molecule has 0 saturated carbocycles. The zero-order valence-corrected chi connectivity index (χ0v) is 5.14. The Labute approximate surface area is 44.7 Å². The number of hydrogen-bond donors (Lipinski definition) is 0. The summed E-state index contributed by atoms with van der Waals surface area (Å²) in [5, 5.41) is 11.5. The highest BCUT2D eigenvalue weighted by molar-refractivity contribution is 4.57. The van der Waals surface area contributed by atoms with Gasteiger partial charge in [-0.15, -0.1) is 0 Å². The highest BCUT2D eigenvalue weighted by Crippen LogP contribution is 1.90. The highest BCUT2D eigenvalue weighted by atomic mass is 16.5. The van der Waals surface area contributed by atoms with Crippen molar-refractivity contribution in [1.29, 1.82) is 0 Å². The Morgan fingerprint density at radius 2 is 2.00 bits per heavy atom. The first-order valence-electron chi connectivity index (χ1n) is 2.62. The Balaban J connectivity index is 3.14. The van der Waals surface area contributed by atoms with Gasteiger partial charge in [0.05, 0.1) is 0 Å². The fourth-order valence-corrected chi connectivity index (χ4v) is 0.365. The van der Waals surface area contributed by atoms with Crippen LogP contribution < -0.4 is 0 Å². The molecule has 0 bridgehead atoms. The Morgan fingerprint density at radius 1 is 1.57 bits per heavy atom. The molecule has 0 aliphatic carbocycles. The van der Waals surface area contributed by atoms with Gasteiger partial charge >= 0.3 is 0 Å². The van der Waals surface area contributed by atoms with Gasteiger partial charge in [0.1, 0.15) is 0 Å². The molecule has 0 aliphatic heterocycles. The van der Waals surface area contributed by atoms with E-state index in [0.29, 0.717) is 6.54 Å². The molecule has 0 atom stereocenters. The van der Waals surface area contributed by atoms with Gasteiger partial charge in [-0.2, -0.15) is 0 Å². The molecule has 0 aromatic rings. The molecule has 0 heterocycles. The molecule has 0 radical (unpaired) electrons. The largest absolute Gasteiger partial charge is 0.785 e. The van der Waals surface area contributed by atoms with E-state index < -0.39 is 0 Å². The summed E-state index contributed by atoms with van der Waals surface area (Å²) < 4.78 is 0. The van der Waals surface area contributed by atoms with Crippen molar-refractivity contribution in [2.24, 2.45) is 0 Å². The second kappa shape index (κ2) is 2.99. The molecule has 2 heteroatoms. The summed E-state index contributed by atoms with van der Waals surface area (Å²) in [6.45, 7) is 6.22. The predicted octanol–water partition coefficient (Wildman–Crippen LogP) is 1.21. The van der Waals surface area contributed by atoms with E-state index in [4.69, 9.17) is 0 Å². The fourth-order valence-electron chi connectivity index (χ4n) is 0.365. The molecule has 0 aromatic heterocycles. The third-order valence-corrected chi connectivity index (χ3v) is 0.888. The Bertz CT molecular complexity index is 45.3. The average Bonchev–Trinajstić information content (AvgIpc) is 1.65. The molecule has 44 valence electrons. The van der Waals surface area contributed by atoms with Crippen molar-refractivity contribution in [2.75, 3.05) is 6.54 Å². The van der Waals surface area contributed by atoms with Crippen LogP contribution in [-0.4, -0.2) is 17.6 Å². The fraction of sp³-hybridized carbons (Fsp3) is 1.00. The number of hydrogen-bond acceptors (Lipinski definition) is 2. The molecule has 7 heavy (non-hydrogen) atoms. The van der Waals surface area contributed by atoms with E-state index in [9.17, 15) is 5.21 Å². The molecule has 0 unspecified atom stereocenters. The molecule has 0 aromatic carbocycles. The van der Waals surface area contributed by atoms with Crippen LogP contribution in [0.3, 0.4) is 0 Å². The summed E-state index contributed by atoms with van der Waals surface area (Å²) in [7, 11) is 0. The zero-order valence-electron chi connectivity index (χ0n) is 5.14. The van der Waals surface area contributed by atoms with Crippen LogP contribution >= 0.6 is 0 Å². The van der Waals surface area contributed by atoms with E-state index in [-0.39, 0.29) is 6.04 Å². The van der Waals surface area contributed by atoms with E-state index in [1.54, 1.807) is 0 Å². The van der Waals surface area contributed by atoms with Crippen LogP contribution in [-0.2, 0) is 0 Å². The van der Waals surface area contributed by atoms with Crippen LogP contribution in [0.5, 0.6) is 0 Å². The van der Waals surface area contributed by atoms with Gasteiger partial charge in [0.15, 0.2) is 0 Å². The maximum absolute atomic E-state index is 10.4. The van der Waals surface area contributed by atoms with E-state index in [1.165, 1.54) is 0 Å². The third-order valence-electron chi connectivity index (χ3n) is 0.888. The van der Waals surface area contributed by atoms with Gasteiger partial charge in [-0.25, -0.2) is 0 Å². The third kappa shape index (κ3) is 2.60. The quantitative estimate of drug-likeness (QED) is 0.490. The van der Waals surface area contributed by atoms with Crippen molar-refractivity contribution < 1.29 is 0 Å². The molecule has 0 fully saturated rings. The van der Waals surface area contributed by atoms with Crippen LogP contribution in [0, 0.1) is 5.21 Å². The Hall–Kier alpha value is -0.0800. The first-order chi connectivity index (χ1) is 3.18. The van der Waals surface area contributed by atoms with Gasteiger partial charge in [0.25, 0.3) is 0 Å². The summed E-state index contributed by atoms with van der Waals surface area (Å²) in [5.41, 5.74) is 0. The first-order valence-corrected chi connectivity index (χ1v) is 2.62. The summed E-state index contributed by atoms with van der Waals surface area (Å²) in [4.78, 5) is 0. The maximum Gasteiger partial charge on any atom is -0.00840 e. The lowest BCUT2D eigenvalue weighted by molar-refractivity contribution is 0.329. The molecular formula is C5H12NO-. The van der Waals surface area contributed by atoms with Crippen molar-refractivity contribution >= 4 is 0 Å². The summed E-state index contributed by atoms with van der Waals surface area (Å²) >= 11 is 0. The molecule has 2 nitrogen and oxygen atoms in total. The molecular weight excluding hydrogens is 90.1 g/mol. The topological polar surface area (TPSA) is 26.3 Å². The van der Waals surface area contributed by atoms with Gasteiger partial charge in [-0.1, -0.05) is 20.8 Å². The lowest BCUT2D eigenvalue weighted by atomic mass is 10.4. The lowest BCUT2D eigenvalue weighted by Crippen LogP contribution is -2.23. The van der Waals surface area contributed by atoms with Gasteiger partial charge in [-0.05, 0) is 12.6 Å². The summed E-state index contributed by atoms with van der Waals surface area (Å²) in [6.07, 6.45) is 0. The molecule has 0 amide bonds. The van der Waals surface area contributed by atoms with Crippen LogP contribution in [0.25, 0.3) is 0 Å². The van der Waals surface area contributed by atoms with Gasteiger partial charge in [0, 0.05) is 0 Å². The summed E-state index contributed by atoms with van der Waals surface area (Å²) in [5.74, 6) is 0. The Kier molecular flexibility index (Phi) is 2.96. The molecule has 0 spiro atoms. The smallest absolute Gasteiger partial charge is 0.00840 e. The van der Waals surface area contributed by atoms with Crippen LogP contribution in [0.4, 0.5) is 0 Å². The molecule has 0 N–H and O–H groups in total. The van der Waals surface area contributed by atoms with Crippen LogP contribution in [0.1, 0.15) is 20.8 Å². The monoisotopic (exact) mass is 102 g/mol. The molecule has 0 saturated heterocycles. The standard InChI is InChI=1S/C5H12NO/c1-4-6(7)5(2)3/h5H,4H2,1-3H3/q-1. The minimum absolute atomic E-state index is 0.144. The predicted molar refractivity (Wildman–Crippen MR) is 30.9 cm³/mol. The lowest BCUT2D eigenvalue weighted by Gasteiger charge is -2.30. The minimum Gasteiger partial charge on any atom is -0.785 e. The van der Waals surface area contributed by atoms with E-state index in [2.05, 4.69) is 0 Å². The van der Waals surface area contributed by atoms with Gasteiger partial charge in [-0.3, -0.25) is 0 Å².